The van der Waals surface area contributed by atoms with E-state index in [9.17, 15) is 0 Å². The van der Waals surface area contributed by atoms with E-state index in [1.54, 1.807) is 7.11 Å². The van der Waals surface area contributed by atoms with Crippen molar-refractivity contribution in [2.24, 2.45) is 0 Å². The van der Waals surface area contributed by atoms with Gasteiger partial charge in [0.15, 0.2) is 0 Å². The van der Waals surface area contributed by atoms with E-state index in [0.717, 1.165) is 10.4 Å². The minimum Gasteiger partial charge on any atom is -0.364 e. The number of methoxy groups -OCH3 is 1. The Morgan fingerprint density at radius 2 is 2.25 bits per heavy atom. The first-order valence-corrected chi connectivity index (χ1v) is 6.36. The molecule has 1 aliphatic rings. The average molecular weight is 280 g/mol. The number of rotatable bonds is 3. The summed E-state index contributed by atoms with van der Waals surface area (Å²) >= 11 is 3.62. The summed E-state index contributed by atoms with van der Waals surface area (Å²) in [6, 6.07) is 6.40. The van der Waals surface area contributed by atoms with Crippen molar-refractivity contribution in [2.45, 2.75) is 25.5 Å². The Labute approximate surface area is 103 Å². The summed E-state index contributed by atoms with van der Waals surface area (Å²) in [6.45, 7) is 0.617. The molecule has 0 aliphatic heterocycles. The van der Waals surface area contributed by atoms with Crippen LogP contribution in [-0.2, 0) is 11.5 Å². The zero-order valence-corrected chi connectivity index (χ0v) is 10.8. The first-order valence-electron chi connectivity index (χ1n) is 5.57. The molecule has 2 nitrogen and oxygen atoms in total. The summed E-state index contributed by atoms with van der Waals surface area (Å²) in [5.41, 5.74) is 2.74. The number of nitrogens with zero attached hydrogens (tertiary/aromatic N) is 1. The highest BCUT2D eigenvalue weighted by atomic mass is 79.9. The maximum Gasteiger partial charge on any atom is 0.122 e. The fraction of sp³-hybridized carbons (Fsp3) is 0.385. The van der Waals surface area contributed by atoms with Gasteiger partial charge in [-0.2, -0.15) is 0 Å². The second-order valence-electron chi connectivity index (χ2n) is 4.38. The van der Waals surface area contributed by atoms with Crippen molar-refractivity contribution in [2.75, 3.05) is 7.11 Å². The Balaban J connectivity index is 2.24. The van der Waals surface area contributed by atoms with E-state index < -0.39 is 0 Å². The molecule has 0 saturated heterocycles. The molecular weight excluding hydrogens is 266 g/mol. The molecule has 1 aromatic heterocycles. The molecule has 2 aromatic rings. The van der Waals surface area contributed by atoms with Gasteiger partial charge in [0.2, 0.25) is 0 Å². The van der Waals surface area contributed by atoms with Gasteiger partial charge in [-0.1, -0.05) is 12.1 Å². The highest BCUT2D eigenvalue weighted by molar-refractivity contribution is 9.10. The van der Waals surface area contributed by atoms with Gasteiger partial charge in [-0.05, 0) is 46.3 Å². The molecular formula is C13H14BrNO. The molecule has 84 valence electrons. The molecule has 3 heteroatoms. The Kier molecular flexibility index (Phi) is 2.52. The van der Waals surface area contributed by atoms with E-state index >= 15 is 0 Å². The maximum atomic E-state index is 5.25. The fourth-order valence-corrected chi connectivity index (χ4v) is 2.90. The summed E-state index contributed by atoms with van der Waals surface area (Å²) in [4.78, 5) is 0. The molecule has 0 amide bonds. The fourth-order valence-electron chi connectivity index (χ4n) is 2.30. The lowest BCUT2D eigenvalue weighted by Gasteiger charge is -2.04. The second kappa shape index (κ2) is 3.90. The van der Waals surface area contributed by atoms with Crippen LogP contribution in [0.4, 0.5) is 0 Å². The first kappa shape index (κ1) is 10.4. The maximum absolute atomic E-state index is 5.25. The number of hydrogen-bond donors (Lipinski definition) is 0. The Morgan fingerprint density at radius 3 is 2.94 bits per heavy atom. The summed E-state index contributed by atoms with van der Waals surface area (Å²) in [6.07, 6.45) is 4.91. The number of hydrogen-bond acceptors (Lipinski definition) is 1. The van der Waals surface area contributed by atoms with Gasteiger partial charge in [0.1, 0.15) is 6.73 Å². The van der Waals surface area contributed by atoms with Crippen LogP contribution in [0.25, 0.3) is 10.9 Å². The summed E-state index contributed by atoms with van der Waals surface area (Å²) in [7, 11) is 1.74. The molecule has 16 heavy (non-hydrogen) atoms. The van der Waals surface area contributed by atoms with Crippen molar-refractivity contribution < 1.29 is 4.74 Å². The molecule has 0 radical (unpaired) electrons. The van der Waals surface area contributed by atoms with Crippen molar-refractivity contribution in [3.05, 3.63) is 34.4 Å². The van der Waals surface area contributed by atoms with E-state index in [1.165, 1.54) is 29.3 Å². The molecule has 1 aliphatic carbocycles. The molecule has 1 fully saturated rings. The molecule has 0 unspecified atom stereocenters. The number of fused-ring (bicyclic) bond motifs is 1. The molecule has 0 bridgehead atoms. The predicted molar refractivity (Wildman–Crippen MR) is 68.6 cm³/mol. The Bertz CT molecular complexity index is 528. The standard InChI is InChI=1S/C13H14BrNO/c1-16-8-15-7-11(9-5-6-9)10-3-2-4-12(14)13(10)15/h2-4,7,9H,5-6,8H2,1H3. The zero-order valence-electron chi connectivity index (χ0n) is 9.24. The number of para-hydroxylation sites is 1. The van der Waals surface area contributed by atoms with Gasteiger partial charge in [0.05, 0.1) is 5.52 Å². The van der Waals surface area contributed by atoms with E-state index in [1.807, 2.05) is 0 Å². The molecule has 0 N–H and O–H groups in total. The van der Waals surface area contributed by atoms with Crippen LogP contribution >= 0.6 is 15.9 Å². The van der Waals surface area contributed by atoms with Crippen LogP contribution < -0.4 is 0 Å². The van der Waals surface area contributed by atoms with Crippen LogP contribution in [0.1, 0.15) is 24.3 Å². The average Bonchev–Trinajstić information content (AvgIpc) is 3.04. The molecule has 0 spiro atoms. The van der Waals surface area contributed by atoms with Gasteiger partial charge in [0, 0.05) is 23.2 Å². The van der Waals surface area contributed by atoms with E-state index in [0.29, 0.717) is 6.73 Å². The van der Waals surface area contributed by atoms with Gasteiger partial charge < -0.3 is 9.30 Å². The van der Waals surface area contributed by atoms with Gasteiger partial charge in [-0.25, -0.2) is 0 Å². The highest BCUT2D eigenvalue weighted by Crippen LogP contribution is 2.44. The number of benzene rings is 1. The van der Waals surface area contributed by atoms with Crippen molar-refractivity contribution in [3.8, 4) is 0 Å². The van der Waals surface area contributed by atoms with Crippen LogP contribution in [-0.4, -0.2) is 11.7 Å². The van der Waals surface area contributed by atoms with Crippen LogP contribution in [0.2, 0.25) is 0 Å². The number of ether oxygens (including phenoxy) is 1. The molecule has 1 saturated carbocycles. The Morgan fingerprint density at radius 1 is 1.44 bits per heavy atom. The molecule has 0 atom stereocenters. The second-order valence-corrected chi connectivity index (χ2v) is 5.24. The lowest BCUT2D eigenvalue weighted by atomic mass is 10.1. The molecule has 1 aromatic carbocycles. The van der Waals surface area contributed by atoms with E-state index in [2.05, 4.69) is 44.9 Å². The minimum absolute atomic E-state index is 0.617. The highest BCUT2D eigenvalue weighted by Gasteiger charge is 2.27. The van der Waals surface area contributed by atoms with Crippen molar-refractivity contribution in [1.29, 1.82) is 0 Å². The lowest BCUT2D eigenvalue weighted by Crippen LogP contribution is -1.97. The van der Waals surface area contributed by atoms with E-state index in [4.69, 9.17) is 4.74 Å². The van der Waals surface area contributed by atoms with E-state index in [-0.39, 0.29) is 0 Å². The van der Waals surface area contributed by atoms with Gasteiger partial charge >= 0.3 is 0 Å². The minimum atomic E-state index is 0.617. The van der Waals surface area contributed by atoms with Crippen LogP contribution in [0.3, 0.4) is 0 Å². The van der Waals surface area contributed by atoms with Crippen molar-refractivity contribution in [1.82, 2.24) is 4.57 Å². The normalized spacial score (nSPS) is 15.9. The first-order chi connectivity index (χ1) is 7.81. The largest absolute Gasteiger partial charge is 0.364 e. The smallest absolute Gasteiger partial charge is 0.122 e. The van der Waals surface area contributed by atoms with Crippen molar-refractivity contribution in [3.63, 3.8) is 0 Å². The van der Waals surface area contributed by atoms with Gasteiger partial charge in [0.25, 0.3) is 0 Å². The third kappa shape index (κ3) is 1.59. The zero-order chi connectivity index (χ0) is 11.1. The van der Waals surface area contributed by atoms with Crippen molar-refractivity contribution >= 4 is 26.8 Å². The third-order valence-electron chi connectivity index (χ3n) is 3.17. The monoisotopic (exact) mass is 279 g/mol. The summed E-state index contributed by atoms with van der Waals surface area (Å²) in [5, 5.41) is 1.37. The number of aromatic nitrogens is 1. The Hall–Kier alpha value is -0.800. The summed E-state index contributed by atoms with van der Waals surface area (Å²) < 4.78 is 8.58. The van der Waals surface area contributed by atoms with Crippen LogP contribution in [0.15, 0.2) is 28.9 Å². The lowest BCUT2D eigenvalue weighted by molar-refractivity contribution is 0.134. The third-order valence-corrected chi connectivity index (χ3v) is 3.81. The topological polar surface area (TPSA) is 14.2 Å². The predicted octanol–water partition coefficient (Wildman–Crippen LogP) is 3.89. The SMILES string of the molecule is COCn1cc(C2CC2)c2cccc(Br)c21. The quantitative estimate of drug-likeness (QED) is 0.832. The summed E-state index contributed by atoms with van der Waals surface area (Å²) in [5.74, 6) is 0.773. The number of halogens is 1. The van der Waals surface area contributed by atoms with Gasteiger partial charge in [-0.15, -0.1) is 0 Å². The van der Waals surface area contributed by atoms with Gasteiger partial charge in [-0.3, -0.25) is 0 Å². The van der Waals surface area contributed by atoms with Crippen LogP contribution in [0, 0.1) is 0 Å². The molecule has 1 heterocycles. The van der Waals surface area contributed by atoms with Crippen LogP contribution in [0.5, 0.6) is 0 Å². The molecule has 3 rings (SSSR count).